The van der Waals surface area contributed by atoms with E-state index in [9.17, 15) is 9.90 Å². The Balaban J connectivity index is 1.36. The van der Waals surface area contributed by atoms with Gasteiger partial charge in [-0.2, -0.15) is 4.98 Å². The lowest BCUT2D eigenvalue weighted by Crippen LogP contribution is -2.33. The van der Waals surface area contributed by atoms with Crippen molar-refractivity contribution < 1.29 is 14.4 Å². The zero-order valence-corrected chi connectivity index (χ0v) is 14.6. The van der Waals surface area contributed by atoms with Crippen LogP contribution in [0.15, 0.2) is 16.8 Å². The molecule has 0 unspecified atom stereocenters. The van der Waals surface area contributed by atoms with Gasteiger partial charge in [-0.3, -0.25) is 4.79 Å². The molecule has 0 aliphatic heterocycles. The van der Waals surface area contributed by atoms with E-state index in [4.69, 9.17) is 4.52 Å². The average Bonchev–Trinajstić information content (AvgIpc) is 3.04. The van der Waals surface area contributed by atoms with Crippen LogP contribution in [0, 0.1) is 12.8 Å². The van der Waals surface area contributed by atoms with Crippen molar-refractivity contribution in [1.29, 1.82) is 0 Å². The highest BCUT2D eigenvalue weighted by molar-refractivity contribution is 5.94. The summed E-state index contributed by atoms with van der Waals surface area (Å²) < 4.78 is 7.22. The number of carbonyl (C=O) groups is 1. The van der Waals surface area contributed by atoms with Crippen LogP contribution in [0.2, 0.25) is 0 Å². The van der Waals surface area contributed by atoms with Gasteiger partial charge in [-0.15, -0.1) is 0 Å². The van der Waals surface area contributed by atoms with Gasteiger partial charge in [-0.25, -0.2) is 0 Å². The summed E-state index contributed by atoms with van der Waals surface area (Å²) in [6.45, 7) is 2.37. The van der Waals surface area contributed by atoms with Gasteiger partial charge in [0.25, 0.3) is 5.91 Å². The minimum atomic E-state index is -0.462. The molecule has 0 saturated heterocycles. The Morgan fingerprint density at radius 1 is 1.40 bits per heavy atom. The first-order valence-corrected chi connectivity index (χ1v) is 8.94. The lowest BCUT2D eigenvalue weighted by Gasteiger charge is -2.15. The summed E-state index contributed by atoms with van der Waals surface area (Å²) in [6.07, 6.45) is 5.04. The maximum atomic E-state index is 12.4. The van der Waals surface area contributed by atoms with Gasteiger partial charge in [0.05, 0.1) is 6.10 Å². The van der Waals surface area contributed by atoms with Gasteiger partial charge >= 0.3 is 0 Å². The van der Waals surface area contributed by atoms with Crippen LogP contribution in [-0.4, -0.2) is 38.4 Å². The Labute approximate surface area is 146 Å². The number of aromatic nitrogens is 3. The summed E-state index contributed by atoms with van der Waals surface area (Å²) in [5.74, 6) is 1.88. The fourth-order valence-corrected chi connectivity index (χ4v) is 3.75. The smallest absolute Gasteiger partial charge is 0.268 e. The third-order valence-corrected chi connectivity index (χ3v) is 5.42. The average molecular weight is 344 g/mol. The fraction of sp³-hybridized carbons (Fsp3) is 0.611. The van der Waals surface area contributed by atoms with Crippen molar-refractivity contribution in [2.45, 2.75) is 50.5 Å². The van der Waals surface area contributed by atoms with Crippen LogP contribution >= 0.6 is 0 Å². The van der Waals surface area contributed by atoms with Crippen LogP contribution < -0.4 is 5.32 Å². The summed E-state index contributed by atoms with van der Waals surface area (Å²) in [5.41, 5.74) is 1.61. The molecule has 25 heavy (non-hydrogen) atoms. The molecule has 134 valence electrons. The molecule has 3 atom stereocenters. The molecule has 0 aromatic carbocycles. The number of hydrogen-bond acceptors (Lipinski definition) is 5. The van der Waals surface area contributed by atoms with Gasteiger partial charge in [0, 0.05) is 37.5 Å². The maximum absolute atomic E-state index is 12.4. The zero-order chi connectivity index (χ0) is 17.6. The Bertz CT molecular complexity index is 758. The third-order valence-electron chi connectivity index (χ3n) is 5.42. The van der Waals surface area contributed by atoms with Crippen LogP contribution in [0.1, 0.15) is 65.3 Å². The topological polar surface area (TPSA) is 93.2 Å². The molecule has 0 radical (unpaired) electrons. The molecule has 2 aliphatic carbocycles. The molecule has 2 saturated carbocycles. The van der Waals surface area contributed by atoms with Crippen molar-refractivity contribution in [2.75, 3.05) is 6.54 Å². The third kappa shape index (κ3) is 3.20. The van der Waals surface area contributed by atoms with Crippen molar-refractivity contribution in [3.63, 3.8) is 0 Å². The Morgan fingerprint density at radius 2 is 2.20 bits per heavy atom. The number of carbonyl (C=O) groups excluding carboxylic acids is 1. The molecule has 1 amide bonds. The molecule has 7 nitrogen and oxygen atoms in total. The molecule has 2 aromatic heterocycles. The standard InChI is InChI=1S/C18H24N4O3/c1-10-5-6-22(2)15(10)17(24)19-9-13-7-12(8-14(13)23)18-20-16(21-25-18)11-3-4-11/h5-6,11-14,23H,3-4,7-9H2,1-2H3,(H,19,24)/t12-,13+,14+/m0/s1. The first-order chi connectivity index (χ1) is 12.0. The van der Waals surface area contributed by atoms with Crippen LogP contribution in [0.25, 0.3) is 0 Å². The van der Waals surface area contributed by atoms with Crippen LogP contribution in [0.4, 0.5) is 0 Å². The summed E-state index contributed by atoms with van der Waals surface area (Å²) in [6, 6.07) is 1.92. The number of amides is 1. The highest BCUT2D eigenvalue weighted by Crippen LogP contribution is 2.41. The monoisotopic (exact) mass is 344 g/mol. The quantitative estimate of drug-likeness (QED) is 0.864. The highest BCUT2D eigenvalue weighted by atomic mass is 16.5. The number of aliphatic hydroxyl groups excluding tert-OH is 1. The van der Waals surface area contributed by atoms with Gasteiger partial charge in [0.2, 0.25) is 5.89 Å². The second-order valence-corrected chi connectivity index (χ2v) is 7.43. The van der Waals surface area contributed by atoms with Gasteiger partial charge < -0.3 is 19.5 Å². The molecule has 2 heterocycles. The fourth-order valence-electron chi connectivity index (χ4n) is 3.75. The SMILES string of the molecule is Cc1ccn(C)c1C(=O)NC[C@H]1C[C@H](c2nc(C3CC3)no2)C[C@H]1O. The van der Waals surface area contributed by atoms with E-state index in [1.807, 2.05) is 30.8 Å². The van der Waals surface area contributed by atoms with Gasteiger partial charge in [0.15, 0.2) is 5.82 Å². The number of aliphatic hydroxyl groups is 1. The zero-order valence-electron chi connectivity index (χ0n) is 14.6. The first kappa shape index (κ1) is 16.3. The first-order valence-electron chi connectivity index (χ1n) is 8.94. The summed E-state index contributed by atoms with van der Waals surface area (Å²) in [4.78, 5) is 16.9. The summed E-state index contributed by atoms with van der Waals surface area (Å²) in [7, 11) is 1.86. The normalized spacial score (nSPS) is 26.1. The predicted octanol–water partition coefficient (Wildman–Crippen LogP) is 1.88. The number of hydrogen-bond donors (Lipinski definition) is 2. The van der Waals surface area contributed by atoms with Crippen LogP contribution in [-0.2, 0) is 7.05 Å². The number of nitrogens with one attached hydrogen (secondary N) is 1. The predicted molar refractivity (Wildman–Crippen MR) is 90.2 cm³/mol. The van der Waals surface area contributed by atoms with E-state index in [0.29, 0.717) is 30.5 Å². The van der Waals surface area contributed by atoms with Crippen LogP contribution in [0.3, 0.4) is 0 Å². The minimum absolute atomic E-state index is 0.00537. The second kappa shape index (κ2) is 6.29. The number of nitrogens with zero attached hydrogens (tertiary/aromatic N) is 3. The number of aryl methyl sites for hydroxylation is 2. The van der Waals surface area contributed by atoms with E-state index < -0.39 is 6.10 Å². The molecule has 0 bridgehead atoms. The highest BCUT2D eigenvalue weighted by Gasteiger charge is 2.38. The number of rotatable bonds is 5. The lowest BCUT2D eigenvalue weighted by atomic mass is 10.0. The summed E-state index contributed by atoms with van der Waals surface area (Å²) >= 11 is 0. The van der Waals surface area contributed by atoms with Gasteiger partial charge in [-0.05, 0) is 44.2 Å². The van der Waals surface area contributed by atoms with E-state index in [1.54, 1.807) is 0 Å². The van der Waals surface area contributed by atoms with Crippen LogP contribution in [0.5, 0.6) is 0 Å². The van der Waals surface area contributed by atoms with Gasteiger partial charge in [0.1, 0.15) is 5.69 Å². The summed E-state index contributed by atoms with van der Waals surface area (Å²) in [5, 5.41) is 17.4. The molecular formula is C18H24N4O3. The van der Waals surface area contributed by atoms with E-state index >= 15 is 0 Å². The molecule has 2 N–H and O–H groups in total. The lowest BCUT2D eigenvalue weighted by molar-refractivity contribution is 0.0908. The van der Waals surface area contributed by atoms with E-state index in [-0.39, 0.29) is 17.7 Å². The molecule has 0 spiro atoms. The van der Waals surface area contributed by atoms with Crippen molar-refractivity contribution in [3.05, 3.63) is 35.2 Å². The maximum Gasteiger partial charge on any atom is 0.268 e. The molecule has 7 heteroatoms. The van der Waals surface area contributed by atoms with Crippen molar-refractivity contribution in [2.24, 2.45) is 13.0 Å². The van der Waals surface area contributed by atoms with Crippen molar-refractivity contribution >= 4 is 5.91 Å². The molecule has 4 rings (SSSR count). The van der Waals surface area contributed by atoms with E-state index in [2.05, 4.69) is 15.5 Å². The Morgan fingerprint density at radius 3 is 2.88 bits per heavy atom. The second-order valence-electron chi connectivity index (χ2n) is 7.43. The van der Waals surface area contributed by atoms with E-state index in [1.165, 1.54) is 0 Å². The van der Waals surface area contributed by atoms with Gasteiger partial charge in [-0.1, -0.05) is 5.16 Å². The largest absolute Gasteiger partial charge is 0.393 e. The van der Waals surface area contributed by atoms with Crippen molar-refractivity contribution in [3.8, 4) is 0 Å². The Kier molecular flexibility index (Phi) is 4.11. The molecule has 2 aliphatic rings. The molecule has 2 aromatic rings. The molecular weight excluding hydrogens is 320 g/mol. The van der Waals surface area contributed by atoms with Crippen molar-refractivity contribution in [1.82, 2.24) is 20.0 Å². The minimum Gasteiger partial charge on any atom is -0.393 e. The van der Waals surface area contributed by atoms with E-state index in [0.717, 1.165) is 30.7 Å². The Hall–Kier alpha value is -2.15. The molecule has 2 fully saturated rings.